The molecule has 0 amide bonds. The van der Waals surface area contributed by atoms with Gasteiger partial charge >= 0.3 is 0 Å². The van der Waals surface area contributed by atoms with Crippen LogP contribution in [0.1, 0.15) is 0 Å². The molecule has 0 aromatic rings. The van der Waals surface area contributed by atoms with E-state index in [0.717, 1.165) is 0 Å². The van der Waals surface area contributed by atoms with Crippen LogP contribution in [-0.2, 0) is 11.3 Å². The van der Waals surface area contributed by atoms with Gasteiger partial charge in [0.1, 0.15) is 0 Å². The molecule has 0 aliphatic rings. The lowest BCUT2D eigenvalue weighted by molar-refractivity contribution is 0.549. The Morgan fingerprint density at radius 1 is 1.56 bits per heavy atom. The molecule has 0 spiro atoms. The summed E-state index contributed by atoms with van der Waals surface area (Å²) in [6.07, 6.45) is 0. The molecule has 0 rings (SSSR count). The predicted octanol–water partition coefficient (Wildman–Crippen LogP) is 1.08. The summed E-state index contributed by atoms with van der Waals surface area (Å²) in [5.41, 5.74) is 0. The summed E-state index contributed by atoms with van der Waals surface area (Å²) in [5.74, 6) is 0. The standard InChI is InChI=1S/C2H4Cl3NO2S/c3-2(4,5)1-6-9(7)8/h6H,1H2,(H,7,8). The third-order valence-electron chi connectivity index (χ3n) is 0.396. The van der Waals surface area contributed by atoms with Gasteiger partial charge in [0.25, 0.3) is 0 Å². The van der Waals surface area contributed by atoms with E-state index in [0.29, 0.717) is 0 Å². The van der Waals surface area contributed by atoms with Crippen LogP contribution < -0.4 is 4.72 Å². The predicted molar refractivity (Wildman–Crippen MR) is 39.1 cm³/mol. The minimum atomic E-state index is -2.12. The number of nitrogens with one attached hydrogen (secondary N) is 1. The fourth-order valence-electron chi connectivity index (χ4n) is 0.144. The molecule has 0 aliphatic carbocycles. The molecule has 0 aromatic carbocycles. The SMILES string of the molecule is O=S(O)NCC(Cl)(Cl)Cl. The molecular formula is C2H4Cl3NO2S. The third kappa shape index (κ3) is 8.94. The first-order valence-electron chi connectivity index (χ1n) is 1.83. The quantitative estimate of drug-likeness (QED) is 0.532. The fraction of sp³-hybridized carbons (Fsp3) is 1.00. The summed E-state index contributed by atoms with van der Waals surface area (Å²) in [4.78, 5) is 0. The zero-order valence-electron chi connectivity index (χ0n) is 4.10. The molecule has 7 heteroatoms. The molecule has 0 bridgehead atoms. The molecule has 0 saturated carbocycles. The number of hydrogen-bond donors (Lipinski definition) is 2. The lowest BCUT2D eigenvalue weighted by atomic mass is 10.8. The minimum Gasteiger partial charge on any atom is -0.294 e. The molecule has 56 valence electrons. The zero-order chi connectivity index (χ0) is 7.49. The lowest BCUT2D eigenvalue weighted by Gasteiger charge is -2.07. The second kappa shape index (κ2) is 3.95. The highest BCUT2D eigenvalue weighted by Crippen LogP contribution is 2.24. The number of rotatable bonds is 2. The number of alkyl halides is 3. The Morgan fingerprint density at radius 3 is 2.11 bits per heavy atom. The van der Waals surface area contributed by atoms with Gasteiger partial charge in [0.15, 0.2) is 0 Å². The van der Waals surface area contributed by atoms with E-state index >= 15 is 0 Å². The monoisotopic (exact) mass is 211 g/mol. The maximum atomic E-state index is 9.87. The van der Waals surface area contributed by atoms with Gasteiger partial charge < -0.3 is 0 Å². The van der Waals surface area contributed by atoms with Crippen LogP contribution in [0.5, 0.6) is 0 Å². The lowest BCUT2D eigenvalue weighted by Crippen LogP contribution is -2.27. The van der Waals surface area contributed by atoms with Crippen molar-refractivity contribution in [2.45, 2.75) is 3.79 Å². The van der Waals surface area contributed by atoms with Crippen LogP contribution in [-0.4, -0.2) is 19.1 Å². The van der Waals surface area contributed by atoms with E-state index < -0.39 is 15.1 Å². The van der Waals surface area contributed by atoms with Crippen molar-refractivity contribution in [2.75, 3.05) is 6.54 Å². The molecule has 1 atom stereocenters. The maximum absolute atomic E-state index is 9.87. The van der Waals surface area contributed by atoms with Crippen molar-refractivity contribution in [1.29, 1.82) is 0 Å². The Labute approximate surface area is 70.1 Å². The summed E-state index contributed by atoms with van der Waals surface area (Å²) in [6.45, 7) is -0.152. The van der Waals surface area contributed by atoms with Gasteiger partial charge in [-0.05, 0) is 0 Å². The van der Waals surface area contributed by atoms with Crippen molar-refractivity contribution in [3.05, 3.63) is 0 Å². The molecule has 1 unspecified atom stereocenters. The molecule has 0 saturated heterocycles. The first-order chi connectivity index (χ1) is 3.92. The van der Waals surface area contributed by atoms with Gasteiger partial charge in [-0.25, -0.2) is 8.93 Å². The molecule has 0 heterocycles. The summed E-state index contributed by atoms with van der Waals surface area (Å²) in [7, 11) is 0. The van der Waals surface area contributed by atoms with E-state index in [2.05, 4.69) is 0 Å². The van der Waals surface area contributed by atoms with Crippen molar-refractivity contribution >= 4 is 46.1 Å². The van der Waals surface area contributed by atoms with Crippen molar-refractivity contribution < 1.29 is 8.76 Å². The van der Waals surface area contributed by atoms with Crippen LogP contribution in [0.15, 0.2) is 0 Å². The largest absolute Gasteiger partial charge is 0.294 e. The van der Waals surface area contributed by atoms with E-state index in [1.807, 2.05) is 4.72 Å². The summed E-state index contributed by atoms with van der Waals surface area (Å²) in [5, 5.41) is 0. The van der Waals surface area contributed by atoms with Gasteiger partial charge in [-0.15, -0.1) is 0 Å². The maximum Gasteiger partial charge on any atom is 0.231 e. The van der Waals surface area contributed by atoms with E-state index in [1.54, 1.807) is 0 Å². The molecule has 0 aliphatic heterocycles. The highest BCUT2D eigenvalue weighted by Gasteiger charge is 2.19. The van der Waals surface area contributed by atoms with Crippen LogP contribution in [0.25, 0.3) is 0 Å². The third-order valence-corrected chi connectivity index (χ3v) is 1.19. The van der Waals surface area contributed by atoms with E-state index in [4.69, 9.17) is 39.4 Å². The van der Waals surface area contributed by atoms with Gasteiger partial charge in [0, 0.05) is 0 Å². The molecular weight excluding hydrogens is 208 g/mol. The second-order valence-electron chi connectivity index (χ2n) is 1.19. The normalized spacial score (nSPS) is 15.6. The Bertz CT molecular complexity index is 113. The second-order valence-corrected chi connectivity index (χ2v) is 4.49. The number of halogens is 3. The molecule has 0 aromatic heterocycles. The van der Waals surface area contributed by atoms with Crippen LogP contribution >= 0.6 is 34.8 Å². The summed E-state index contributed by atoms with van der Waals surface area (Å²) in [6, 6.07) is 0. The van der Waals surface area contributed by atoms with Crippen LogP contribution in [0.2, 0.25) is 0 Å². The highest BCUT2D eigenvalue weighted by molar-refractivity contribution is 7.77. The molecule has 0 radical (unpaired) electrons. The van der Waals surface area contributed by atoms with Gasteiger partial charge in [0.2, 0.25) is 15.1 Å². The average molecular weight is 212 g/mol. The van der Waals surface area contributed by atoms with Crippen molar-refractivity contribution in [3.8, 4) is 0 Å². The van der Waals surface area contributed by atoms with Crippen molar-refractivity contribution in [1.82, 2.24) is 4.72 Å². The topological polar surface area (TPSA) is 49.3 Å². The minimum absolute atomic E-state index is 0.152. The summed E-state index contributed by atoms with van der Waals surface area (Å²) >= 11 is 13.5. The average Bonchev–Trinajstić information content (AvgIpc) is 1.59. The molecule has 2 N–H and O–H groups in total. The highest BCUT2D eigenvalue weighted by atomic mass is 35.6. The van der Waals surface area contributed by atoms with E-state index in [1.165, 1.54) is 0 Å². The Hall–Kier alpha value is 0.940. The smallest absolute Gasteiger partial charge is 0.231 e. The Balaban J connectivity index is 3.39. The zero-order valence-corrected chi connectivity index (χ0v) is 7.19. The molecule has 3 nitrogen and oxygen atoms in total. The first-order valence-corrected chi connectivity index (χ1v) is 4.07. The van der Waals surface area contributed by atoms with Crippen LogP contribution in [0.4, 0.5) is 0 Å². The van der Waals surface area contributed by atoms with Gasteiger partial charge in [0.05, 0.1) is 6.54 Å². The van der Waals surface area contributed by atoms with Crippen LogP contribution in [0.3, 0.4) is 0 Å². The van der Waals surface area contributed by atoms with E-state index in [9.17, 15) is 4.21 Å². The Morgan fingerprint density at radius 2 is 2.00 bits per heavy atom. The molecule has 9 heavy (non-hydrogen) atoms. The molecule has 0 fully saturated rings. The number of hydrogen-bond acceptors (Lipinski definition) is 1. The summed E-state index contributed by atoms with van der Waals surface area (Å²) < 4.78 is 18.5. The fourth-order valence-corrected chi connectivity index (χ4v) is 0.922. The van der Waals surface area contributed by atoms with Gasteiger partial charge in [-0.1, -0.05) is 34.8 Å². The van der Waals surface area contributed by atoms with Gasteiger partial charge in [-0.2, -0.15) is 0 Å². The first kappa shape index (κ1) is 9.94. The van der Waals surface area contributed by atoms with Crippen molar-refractivity contribution in [2.24, 2.45) is 0 Å². The Kier molecular flexibility index (Phi) is 4.37. The van der Waals surface area contributed by atoms with Crippen LogP contribution in [0, 0.1) is 0 Å². The van der Waals surface area contributed by atoms with E-state index in [-0.39, 0.29) is 6.54 Å². The van der Waals surface area contributed by atoms with Gasteiger partial charge in [-0.3, -0.25) is 4.55 Å². The van der Waals surface area contributed by atoms with Crippen molar-refractivity contribution in [3.63, 3.8) is 0 Å².